The van der Waals surface area contributed by atoms with Gasteiger partial charge >= 0.3 is 0 Å². The van der Waals surface area contributed by atoms with Crippen LogP contribution in [0.2, 0.25) is 0 Å². The molecule has 136 valence electrons. The monoisotopic (exact) mass is 364 g/mol. The summed E-state index contributed by atoms with van der Waals surface area (Å²) in [5.41, 5.74) is 4.18. The van der Waals surface area contributed by atoms with Crippen molar-refractivity contribution in [3.05, 3.63) is 41.7 Å². The number of hydrogen-bond acceptors (Lipinski definition) is 4. The maximum Gasteiger partial charge on any atom is 0.235 e. The Morgan fingerprint density at radius 1 is 1.24 bits per heavy atom. The number of nitrogens with one attached hydrogen (secondary N) is 1. The van der Waals surface area contributed by atoms with Crippen LogP contribution in [0.4, 0.5) is 0 Å². The molecule has 8 heteroatoms. The zero-order valence-corrected chi connectivity index (χ0v) is 15.8. The zero-order chi connectivity index (χ0) is 18.6. The van der Waals surface area contributed by atoms with Crippen LogP contribution in [0.15, 0.2) is 30.3 Å². The van der Waals surface area contributed by atoms with Crippen LogP contribution in [0.5, 0.6) is 0 Å². The van der Waals surface area contributed by atoms with E-state index in [2.05, 4.69) is 10.4 Å². The summed E-state index contributed by atoms with van der Waals surface area (Å²) in [5, 5.41) is 7.27. The number of carbonyl (C=O) groups excluding carboxylic acids is 1. The molecule has 7 nitrogen and oxygen atoms in total. The van der Waals surface area contributed by atoms with Gasteiger partial charge in [0.2, 0.25) is 15.9 Å². The van der Waals surface area contributed by atoms with Gasteiger partial charge in [0.25, 0.3) is 0 Å². The molecule has 0 radical (unpaired) electrons. The number of carbonyl (C=O) groups is 1. The van der Waals surface area contributed by atoms with E-state index in [4.69, 9.17) is 0 Å². The van der Waals surface area contributed by atoms with E-state index in [0.29, 0.717) is 13.1 Å². The average molecular weight is 364 g/mol. The molecule has 1 aromatic carbocycles. The van der Waals surface area contributed by atoms with Gasteiger partial charge in [-0.3, -0.25) is 9.48 Å². The molecule has 1 heterocycles. The van der Waals surface area contributed by atoms with E-state index in [1.165, 1.54) is 7.05 Å². The Hall–Kier alpha value is -2.19. The quantitative estimate of drug-likeness (QED) is 0.799. The van der Waals surface area contributed by atoms with Crippen molar-refractivity contribution in [3.63, 3.8) is 0 Å². The van der Waals surface area contributed by atoms with Crippen LogP contribution in [0.3, 0.4) is 0 Å². The number of hydrogen-bond donors (Lipinski definition) is 1. The lowest BCUT2D eigenvalue weighted by molar-refractivity contribution is -0.121. The molecule has 0 spiro atoms. The Kier molecular flexibility index (Phi) is 5.97. The van der Waals surface area contributed by atoms with Crippen LogP contribution in [0.1, 0.15) is 11.4 Å². The third kappa shape index (κ3) is 4.90. The third-order valence-corrected chi connectivity index (χ3v) is 5.28. The number of rotatable bonds is 7. The first-order valence-electron chi connectivity index (χ1n) is 7.97. The smallest absolute Gasteiger partial charge is 0.235 e. The summed E-state index contributed by atoms with van der Waals surface area (Å²) in [6, 6.07) is 10.0. The lowest BCUT2D eigenvalue weighted by Crippen LogP contribution is -2.39. The first-order valence-corrected chi connectivity index (χ1v) is 9.82. The van der Waals surface area contributed by atoms with Gasteiger partial charge in [-0.15, -0.1) is 0 Å². The summed E-state index contributed by atoms with van der Waals surface area (Å²) in [6.07, 6.45) is 1.07. The fourth-order valence-electron chi connectivity index (χ4n) is 2.61. The van der Waals surface area contributed by atoms with E-state index in [1.54, 1.807) is 0 Å². The number of likely N-dealkylation sites (N-methyl/N-ethyl adjacent to an activating group) is 1. The van der Waals surface area contributed by atoms with Gasteiger partial charge in [0.05, 0.1) is 25.0 Å². The van der Waals surface area contributed by atoms with E-state index >= 15 is 0 Å². The Labute approximate surface area is 148 Å². The SMILES string of the molecule is Cc1nn(CCNC(=O)CN(C)S(C)(=O)=O)c(C)c1-c1ccccc1. The normalized spacial score (nSPS) is 11.7. The topological polar surface area (TPSA) is 84.3 Å². The van der Waals surface area contributed by atoms with Crippen molar-refractivity contribution >= 4 is 15.9 Å². The highest BCUT2D eigenvalue weighted by Gasteiger charge is 2.16. The van der Waals surface area contributed by atoms with Crippen LogP contribution < -0.4 is 5.32 Å². The van der Waals surface area contributed by atoms with Crippen molar-refractivity contribution in [1.82, 2.24) is 19.4 Å². The maximum absolute atomic E-state index is 11.8. The molecule has 2 rings (SSSR count). The van der Waals surface area contributed by atoms with Gasteiger partial charge in [-0.05, 0) is 19.4 Å². The molecule has 0 aliphatic rings. The highest BCUT2D eigenvalue weighted by Crippen LogP contribution is 2.26. The Morgan fingerprint density at radius 3 is 2.48 bits per heavy atom. The molecule has 0 atom stereocenters. The molecular weight excluding hydrogens is 340 g/mol. The first kappa shape index (κ1) is 19.1. The third-order valence-electron chi connectivity index (χ3n) is 4.02. The van der Waals surface area contributed by atoms with Crippen LogP contribution >= 0.6 is 0 Å². The van der Waals surface area contributed by atoms with Gasteiger partial charge in [0, 0.05) is 24.8 Å². The predicted octanol–water partition coefficient (Wildman–Crippen LogP) is 1.17. The van der Waals surface area contributed by atoms with Crippen LogP contribution in [-0.4, -0.2) is 54.8 Å². The summed E-state index contributed by atoms with van der Waals surface area (Å²) in [6.45, 7) is 4.68. The standard InChI is InChI=1S/C17H24N4O3S/c1-13-17(15-8-6-5-7-9-15)14(2)21(19-13)11-10-18-16(22)12-20(3)25(4,23)24/h5-9H,10-12H2,1-4H3,(H,18,22). The zero-order valence-electron chi connectivity index (χ0n) is 15.0. The van der Waals surface area contributed by atoms with Gasteiger partial charge in [0.15, 0.2) is 0 Å². The number of nitrogens with zero attached hydrogens (tertiary/aromatic N) is 3. The minimum absolute atomic E-state index is 0.189. The Bertz CT molecular complexity index is 844. The summed E-state index contributed by atoms with van der Waals surface area (Å²) >= 11 is 0. The van der Waals surface area contributed by atoms with E-state index < -0.39 is 10.0 Å². The van der Waals surface area contributed by atoms with Crippen molar-refractivity contribution in [2.24, 2.45) is 0 Å². The van der Waals surface area contributed by atoms with Crippen molar-refractivity contribution in [3.8, 4) is 11.1 Å². The fourth-order valence-corrected chi connectivity index (χ4v) is 2.97. The van der Waals surface area contributed by atoms with Crippen molar-refractivity contribution in [1.29, 1.82) is 0 Å². The maximum atomic E-state index is 11.8. The van der Waals surface area contributed by atoms with E-state index in [0.717, 1.165) is 33.1 Å². The summed E-state index contributed by atoms with van der Waals surface area (Å²) in [4.78, 5) is 11.8. The van der Waals surface area contributed by atoms with Crippen LogP contribution in [0, 0.1) is 13.8 Å². The number of aryl methyl sites for hydroxylation is 1. The van der Waals surface area contributed by atoms with Crippen molar-refractivity contribution in [2.75, 3.05) is 26.4 Å². The Morgan fingerprint density at radius 2 is 1.88 bits per heavy atom. The van der Waals surface area contributed by atoms with Gasteiger partial charge in [-0.1, -0.05) is 30.3 Å². The van der Waals surface area contributed by atoms with Gasteiger partial charge in [0.1, 0.15) is 0 Å². The molecular formula is C17H24N4O3S. The van der Waals surface area contributed by atoms with E-state index in [1.807, 2.05) is 48.9 Å². The molecule has 1 N–H and O–H groups in total. The fraction of sp³-hybridized carbons (Fsp3) is 0.412. The summed E-state index contributed by atoms with van der Waals surface area (Å²) in [5.74, 6) is -0.335. The van der Waals surface area contributed by atoms with E-state index in [-0.39, 0.29) is 12.5 Å². The molecule has 0 aliphatic heterocycles. The van der Waals surface area contributed by atoms with Crippen molar-refractivity contribution in [2.45, 2.75) is 20.4 Å². The molecule has 25 heavy (non-hydrogen) atoms. The van der Waals surface area contributed by atoms with Gasteiger partial charge in [-0.25, -0.2) is 8.42 Å². The van der Waals surface area contributed by atoms with Crippen molar-refractivity contribution < 1.29 is 13.2 Å². The minimum atomic E-state index is -3.36. The molecule has 1 amide bonds. The molecule has 2 aromatic rings. The molecule has 0 saturated heterocycles. The molecule has 0 saturated carbocycles. The molecule has 0 unspecified atom stereocenters. The second-order valence-corrected chi connectivity index (χ2v) is 8.09. The van der Waals surface area contributed by atoms with Crippen LogP contribution in [0.25, 0.3) is 11.1 Å². The number of amides is 1. The molecule has 0 fully saturated rings. The summed E-state index contributed by atoms with van der Waals surface area (Å²) < 4.78 is 25.5. The predicted molar refractivity (Wildman–Crippen MR) is 97.6 cm³/mol. The van der Waals surface area contributed by atoms with Gasteiger partial charge in [-0.2, -0.15) is 9.40 Å². The number of sulfonamides is 1. The number of aromatic nitrogens is 2. The number of benzene rings is 1. The van der Waals surface area contributed by atoms with Crippen LogP contribution in [-0.2, 0) is 21.4 Å². The second kappa shape index (κ2) is 7.79. The minimum Gasteiger partial charge on any atom is -0.353 e. The molecule has 0 bridgehead atoms. The average Bonchev–Trinajstić information content (AvgIpc) is 2.81. The second-order valence-electron chi connectivity index (χ2n) is 6.00. The molecule has 1 aromatic heterocycles. The first-order chi connectivity index (χ1) is 11.7. The highest BCUT2D eigenvalue weighted by molar-refractivity contribution is 7.88. The lowest BCUT2D eigenvalue weighted by atomic mass is 10.0. The largest absolute Gasteiger partial charge is 0.353 e. The van der Waals surface area contributed by atoms with Gasteiger partial charge < -0.3 is 5.32 Å². The summed E-state index contributed by atoms with van der Waals surface area (Å²) in [7, 11) is -1.98. The lowest BCUT2D eigenvalue weighted by Gasteiger charge is -2.14. The van der Waals surface area contributed by atoms with E-state index in [9.17, 15) is 13.2 Å². The highest BCUT2D eigenvalue weighted by atomic mass is 32.2. The Balaban J connectivity index is 1.97. The molecule has 0 aliphatic carbocycles.